The zero-order valence-corrected chi connectivity index (χ0v) is 14.3. The number of fused-ring (bicyclic) bond motifs is 1. The summed E-state index contributed by atoms with van der Waals surface area (Å²) in [6, 6.07) is 7.04. The molecule has 1 fully saturated rings. The fraction of sp³-hybridized carbons (Fsp3) is 0.200. The second-order valence-electron chi connectivity index (χ2n) is 6.49. The van der Waals surface area contributed by atoms with Gasteiger partial charge in [-0.05, 0) is 36.6 Å². The van der Waals surface area contributed by atoms with Crippen molar-refractivity contribution in [2.75, 3.05) is 7.11 Å². The lowest BCUT2D eigenvalue weighted by molar-refractivity contribution is 0.0695. The predicted octanol–water partition coefficient (Wildman–Crippen LogP) is 3.99. The number of hydrogen-bond acceptors (Lipinski definition) is 3. The topological polar surface area (TPSA) is 68.5 Å². The van der Waals surface area contributed by atoms with E-state index in [1.165, 1.54) is 23.8 Å². The molecular weight excluding hydrogens is 356 g/mol. The highest BCUT2D eigenvalue weighted by atomic mass is 19.1. The number of benzene rings is 2. The molecule has 1 aliphatic rings. The highest BCUT2D eigenvalue weighted by Gasteiger charge is 2.30. The Bertz CT molecular complexity index is 1130. The minimum Gasteiger partial charge on any atom is -0.497 e. The SMILES string of the molecule is COc1ccc(-c2c(F)cc3c(=O)c(C(=O)O)cn(C4CC4)c3c2F)cc1. The van der Waals surface area contributed by atoms with E-state index < -0.39 is 28.6 Å². The Balaban J connectivity index is 2.05. The molecule has 2 aromatic carbocycles. The van der Waals surface area contributed by atoms with E-state index in [2.05, 4.69) is 0 Å². The standard InChI is InChI=1S/C20H15F2NO4/c1-27-12-6-2-10(3-7-12)16-15(21)8-13-18(17(16)22)23(11-4-5-11)9-14(19(13)24)20(25)26/h2-3,6-9,11H,4-5H2,1H3,(H,25,26). The van der Waals surface area contributed by atoms with Gasteiger partial charge in [0, 0.05) is 12.2 Å². The van der Waals surface area contributed by atoms with Crippen LogP contribution in [0.2, 0.25) is 0 Å². The van der Waals surface area contributed by atoms with Crippen molar-refractivity contribution in [3.63, 3.8) is 0 Å². The molecule has 1 saturated carbocycles. The molecule has 0 saturated heterocycles. The van der Waals surface area contributed by atoms with Crippen molar-refractivity contribution in [1.29, 1.82) is 0 Å². The molecule has 3 aromatic rings. The number of carboxylic acids is 1. The second-order valence-corrected chi connectivity index (χ2v) is 6.49. The maximum atomic E-state index is 15.4. The Morgan fingerprint density at radius 1 is 1.22 bits per heavy atom. The van der Waals surface area contributed by atoms with E-state index in [-0.39, 0.29) is 22.5 Å². The molecule has 27 heavy (non-hydrogen) atoms. The minimum absolute atomic E-state index is 0.0697. The molecule has 138 valence electrons. The number of nitrogens with zero attached hydrogens (tertiary/aromatic N) is 1. The van der Waals surface area contributed by atoms with Crippen molar-refractivity contribution in [2.24, 2.45) is 0 Å². The third-order valence-corrected chi connectivity index (χ3v) is 4.76. The number of aromatic carboxylic acids is 1. The molecule has 5 nitrogen and oxygen atoms in total. The van der Waals surface area contributed by atoms with Gasteiger partial charge in [0.15, 0.2) is 5.82 Å². The van der Waals surface area contributed by atoms with Gasteiger partial charge in [-0.15, -0.1) is 0 Å². The molecule has 0 bridgehead atoms. The first-order chi connectivity index (χ1) is 12.9. The Kier molecular flexibility index (Phi) is 3.95. The van der Waals surface area contributed by atoms with E-state index in [0.717, 1.165) is 25.1 Å². The van der Waals surface area contributed by atoms with Gasteiger partial charge in [-0.3, -0.25) is 4.79 Å². The number of rotatable bonds is 4. The van der Waals surface area contributed by atoms with Crippen LogP contribution in [-0.4, -0.2) is 22.8 Å². The van der Waals surface area contributed by atoms with Crippen LogP contribution in [0.25, 0.3) is 22.0 Å². The van der Waals surface area contributed by atoms with E-state index in [9.17, 15) is 19.1 Å². The number of hydrogen-bond donors (Lipinski definition) is 1. The van der Waals surface area contributed by atoms with Gasteiger partial charge >= 0.3 is 5.97 Å². The average molecular weight is 371 g/mol. The molecule has 1 aliphatic carbocycles. The van der Waals surface area contributed by atoms with Gasteiger partial charge in [0.2, 0.25) is 5.43 Å². The summed E-state index contributed by atoms with van der Waals surface area (Å²) in [5.74, 6) is -2.68. The van der Waals surface area contributed by atoms with Gasteiger partial charge in [0.25, 0.3) is 0 Å². The van der Waals surface area contributed by atoms with Crippen molar-refractivity contribution in [2.45, 2.75) is 18.9 Å². The third kappa shape index (κ3) is 2.75. The van der Waals surface area contributed by atoms with Crippen LogP contribution in [0.15, 0.2) is 41.3 Å². The number of ether oxygens (including phenoxy) is 1. The summed E-state index contributed by atoms with van der Waals surface area (Å²) in [5, 5.41) is 8.99. The average Bonchev–Trinajstić information content (AvgIpc) is 3.48. The molecule has 4 rings (SSSR count). The number of halogens is 2. The lowest BCUT2D eigenvalue weighted by atomic mass is 10.0. The molecule has 0 radical (unpaired) electrons. The van der Waals surface area contributed by atoms with Crippen LogP contribution in [0.5, 0.6) is 5.75 Å². The van der Waals surface area contributed by atoms with E-state index in [1.807, 2.05) is 0 Å². The van der Waals surface area contributed by atoms with Gasteiger partial charge < -0.3 is 14.4 Å². The van der Waals surface area contributed by atoms with E-state index in [4.69, 9.17) is 4.74 Å². The molecular formula is C20H15F2NO4. The predicted molar refractivity (Wildman–Crippen MR) is 95.3 cm³/mol. The highest BCUT2D eigenvalue weighted by Crippen LogP contribution is 2.39. The van der Waals surface area contributed by atoms with E-state index in [0.29, 0.717) is 11.3 Å². The van der Waals surface area contributed by atoms with Gasteiger partial charge in [0.05, 0.1) is 23.6 Å². The first-order valence-electron chi connectivity index (χ1n) is 8.37. The van der Waals surface area contributed by atoms with Crippen LogP contribution < -0.4 is 10.2 Å². The highest BCUT2D eigenvalue weighted by molar-refractivity contribution is 5.94. The van der Waals surface area contributed by atoms with Crippen molar-refractivity contribution in [3.8, 4) is 16.9 Å². The maximum Gasteiger partial charge on any atom is 0.341 e. The summed E-state index contributed by atoms with van der Waals surface area (Å²) >= 11 is 0. The van der Waals surface area contributed by atoms with Gasteiger partial charge in [0.1, 0.15) is 17.1 Å². The number of pyridine rings is 1. The first-order valence-corrected chi connectivity index (χ1v) is 8.37. The molecule has 1 heterocycles. The van der Waals surface area contributed by atoms with Crippen molar-refractivity contribution < 1.29 is 23.4 Å². The first kappa shape index (κ1) is 17.2. The van der Waals surface area contributed by atoms with Gasteiger partial charge in [-0.2, -0.15) is 0 Å². The zero-order valence-electron chi connectivity index (χ0n) is 14.3. The summed E-state index contributed by atoms with van der Waals surface area (Å²) in [6.45, 7) is 0. The molecule has 0 aliphatic heterocycles. The number of aromatic nitrogens is 1. The van der Waals surface area contributed by atoms with Crippen molar-refractivity contribution >= 4 is 16.9 Å². The van der Waals surface area contributed by atoms with Crippen LogP contribution in [0.1, 0.15) is 29.2 Å². The Labute approximate surface area is 152 Å². The Hall–Kier alpha value is -3.22. The monoisotopic (exact) mass is 371 g/mol. The zero-order chi connectivity index (χ0) is 19.3. The summed E-state index contributed by atoms with van der Waals surface area (Å²) in [4.78, 5) is 23.8. The molecule has 0 spiro atoms. The lowest BCUT2D eigenvalue weighted by Crippen LogP contribution is -2.20. The van der Waals surface area contributed by atoms with Crippen molar-refractivity contribution in [3.05, 3.63) is 63.9 Å². The van der Waals surface area contributed by atoms with Crippen LogP contribution in [0.4, 0.5) is 8.78 Å². The van der Waals surface area contributed by atoms with E-state index in [1.54, 1.807) is 12.1 Å². The van der Waals surface area contributed by atoms with Crippen molar-refractivity contribution in [1.82, 2.24) is 4.57 Å². The normalized spacial score (nSPS) is 13.7. The Morgan fingerprint density at radius 3 is 2.44 bits per heavy atom. The number of methoxy groups -OCH3 is 1. The fourth-order valence-corrected chi connectivity index (χ4v) is 3.26. The van der Waals surface area contributed by atoms with Gasteiger partial charge in [-0.1, -0.05) is 12.1 Å². The number of carbonyl (C=O) groups is 1. The molecule has 0 unspecified atom stereocenters. The van der Waals surface area contributed by atoms with Crippen LogP contribution in [0.3, 0.4) is 0 Å². The minimum atomic E-state index is -1.42. The molecule has 0 atom stereocenters. The van der Waals surface area contributed by atoms with Gasteiger partial charge in [-0.25, -0.2) is 13.6 Å². The summed E-state index contributed by atoms with van der Waals surface area (Å²) in [7, 11) is 1.49. The smallest absolute Gasteiger partial charge is 0.341 e. The Morgan fingerprint density at radius 2 is 1.89 bits per heavy atom. The quantitative estimate of drug-likeness (QED) is 0.753. The number of carboxylic acid groups (broad SMARTS) is 1. The molecule has 1 aromatic heterocycles. The van der Waals surface area contributed by atoms with E-state index >= 15 is 4.39 Å². The summed E-state index contributed by atoms with van der Waals surface area (Å²) in [6.07, 6.45) is 2.64. The molecule has 7 heteroatoms. The molecule has 1 N–H and O–H groups in total. The summed E-state index contributed by atoms with van der Waals surface area (Å²) in [5.41, 5.74) is -1.43. The van der Waals surface area contributed by atoms with Crippen LogP contribution in [-0.2, 0) is 0 Å². The second kappa shape index (κ2) is 6.19. The largest absolute Gasteiger partial charge is 0.497 e. The summed E-state index contributed by atoms with van der Waals surface area (Å²) < 4.78 is 36.6. The maximum absolute atomic E-state index is 15.4. The lowest BCUT2D eigenvalue weighted by Gasteiger charge is -2.15. The molecule has 0 amide bonds. The van der Waals surface area contributed by atoms with Crippen LogP contribution in [0, 0.1) is 11.6 Å². The van der Waals surface area contributed by atoms with Crippen LogP contribution >= 0.6 is 0 Å². The fourth-order valence-electron chi connectivity index (χ4n) is 3.26. The third-order valence-electron chi connectivity index (χ3n) is 4.76.